The molecule has 19 nitrogen and oxygen atoms in total. The van der Waals surface area contributed by atoms with Gasteiger partial charge in [-0.2, -0.15) is 0 Å². The van der Waals surface area contributed by atoms with Crippen LogP contribution in [0.3, 0.4) is 0 Å². The van der Waals surface area contributed by atoms with E-state index < -0.39 is 145 Å². The molecule has 8 aromatic carbocycles. The van der Waals surface area contributed by atoms with Crippen LogP contribution < -0.4 is 9.62 Å². The Labute approximate surface area is 628 Å². The molecule has 0 aromatic heterocycles. The molecule has 104 heavy (non-hydrogen) atoms. The smallest absolute Gasteiger partial charge is 0.311 e. The third kappa shape index (κ3) is 10.8. The Bertz CT molecular complexity index is 4490. The summed E-state index contributed by atoms with van der Waals surface area (Å²) in [5.74, 6) is -8.25. The van der Waals surface area contributed by atoms with Gasteiger partial charge in [0.25, 0.3) is 40.6 Å². The van der Waals surface area contributed by atoms with Crippen molar-refractivity contribution in [3.63, 3.8) is 0 Å². The predicted octanol–water partition coefficient (Wildman–Crippen LogP) is 13.1. The standard InChI is InChI=1S/C78H74N6O13S7/c1-50(2)63(87)96-73(48-85)67(89)82-65-71(59-42-26-28-44-61(59)79-65,46-75(82,69(91)80(73)6)98-102-100-77(53-30-14-8-15-31-53,54-32-16-9-17-33-54)55-34-18-10-19-35-55)72-47-76(99-103-101-78(56-36-20-11-21-37-56,57-38-22-12-23-39-57)58-40-24-13-25-41-58)70(92)81(7)74(49-95-52(5)86,97-64(88)51(3)4)68(90)83(76)66(72)84(104(93)94)62-45-29-27-43-60(62)72/h8-45,50-51,65-66,79,85H,46-49H2,1-7H3,(H,93,94)/t65-,66+,71+,72+,73-,74-,75+,76+/m1/s1. The molecule has 0 saturated carbocycles. The SMILES string of the molecule is CC(=O)OC[C@@]1(OC(=O)C(C)C)C(=O)N2[C@H]3N(S(=O)O)c4ccccc4[C@@]3([C@]34C[C@]5(SSSC(c6ccccc6)(c6ccccc6)c6ccccc6)C(=O)N(C)[C@](CO)(OC(=O)C(C)C)C(=O)N5[C@H]3Nc3ccccc34)C[C@]2(SSSC(c2ccccc2)(c2ccccc2)c2ccccc2)C(=O)N1C. The van der Waals surface area contributed by atoms with Crippen molar-refractivity contribution in [2.45, 2.75) is 101 Å². The van der Waals surface area contributed by atoms with Gasteiger partial charge in [-0.25, -0.2) is 8.51 Å². The summed E-state index contributed by atoms with van der Waals surface area (Å²) in [5, 5.41) is 15.7. The van der Waals surface area contributed by atoms with E-state index in [1.807, 2.05) is 188 Å². The molecule has 0 spiro atoms. The molecular weight excluding hydrogens is 1450 g/mol. The van der Waals surface area contributed by atoms with Crippen LogP contribution in [0.15, 0.2) is 231 Å². The number of aliphatic hydroxyl groups excluding tert-OH is 1. The Kier molecular flexibility index (Phi) is 19.5. The maximum atomic E-state index is 17.6. The van der Waals surface area contributed by atoms with E-state index in [1.165, 1.54) is 79.0 Å². The average molecular weight is 1530 g/mol. The van der Waals surface area contributed by atoms with Gasteiger partial charge in [-0.05, 0) is 97.9 Å². The van der Waals surface area contributed by atoms with Crippen LogP contribution in [-0.2, 0) is 79.4 Å². The molecule has 6 aliphatic rings. The van der Waals surface area contributed by atoms with Crippen molar-refractivity contribution in [3.8, 4) is 0 Å². The summed E-state index contributed by atoms with van der Waals surface area (Å²) in [6.07, 6.45) is -4.20. The lowest BCUT2D eigenvalue weighted by atomic mass is 9.54. The molecule has 4 saturated heterocycles. The first-order chi connectivity index (χ1) is 50.0. The highest BCUT2D eigenvalue weighted by Gasteiger charge is 2.88. The monoisotopic (exact) mass is 1530 g/mol. The van der Waals surface area contributed by atoms with E-state index >= 15 is 23.4 Å². The lowest BCUT2D eigenvalue weighted by Gasteiger charge is -2.53. The second kappa shape index (κ2) is 27.9. The van der Waals surface area contributed by atoms with Gasteiger partial charge in [0.05, 0.1) is 28.4 Å². The van der Waals surface area contributed by atoms with Crippen molar-refractivity contribution in [3.05, 3.63) is 275 Å². The molecule has 14 rings (SSSR count). The van der Waals surface area contributed by atoms with Crippen LogP contribution in [0.5, 0.6) is 0 Å². The predicted molar refractivity (Wildman–Crippen MR) is 410 cm³/mol. The Morgan fingerprint density at radius 1 is 0.519 bits per heavy atom. The third-order valence-corrected chi connectivity index (χ3v) is 32.0. The fraction of sp³-hybridized carbons (Fsp3) is 0.295. The number of anilines is 2. The maximum absolute atomic E-state index is 17.6. The number of amides is 4. The van der Waals surface area contributed by atoms with Gasteiger partial charge in [0.15, 0.2) is 16.3 Å². The zero-order valence-corrected chi connectivity index (χ0v) is 63.3. The van der Waals surface area contributed by atoms with Gasteiger partial charge < -0.3 is 24.6 Å². The molecule has 6 aliphatic heterocycles. The van der Waals surface area contributed by atoms with Crippen molar-refractivity contribution < 1.29 is 61.6 Å². The lowest BCUT2D eigenvalue weighted by Crippen LogP contribution is -2.78. The van der Waals surface area contributed by atoms with Crippen molar-refractivity contribution in [1.29, 1.82) is 0 Å². The van der Waals surface area contributed by atoms with Crippen LogP contribution >= 0.6 is 62.8 Å². The number of para-hydroxylation sites is 2. The number of likely N-dealkylation sites (N-methyl/N-ethyl adjacent to an activating group) is 2. The van der Waals surface area contributed by atoms with Crippen molar-refractivity contribution in [2.24, 2.45) is 11.8 Å². The minimum Gasteiger partial charge on any atom is -0.459 e. The highest BCUT2D eigenvalue weighted by Crippen LogP contribution is 2.78. The van der Waals surface area contributed by atoms with Crippen LogP contribution in [0.1, 0.15) is 92.0 Å². The second-order valence-corrected chi connectivity index (χ2v) is 36.8. The first kappa shape index (κ1) is 72.8. The van der Waals surface area contributed by atoms with Gasteiger partial charge in [-0.3, -0.25) is 57.7 Å². The number of ether oxygens (including phenoxy) is 3. The lowest BCUT2D eigenvalue weighted by molar-refractivity contribution is -0.223. The molecule has 8 aromatic rings. The van der Waals surface area contributed by atoms with Crippen LogP contribution in [0.25, 0.3) is 0 Å². The Balaban J connectivity index is 1.05. The first-order valence-corrected chi connectivity index (χ1v) is 41.8. The van der Waals surface area contributed by atoms with E-state index in [0.717, 1.165) is 76.0 Å². The quantitative estimate of drug-likeness (QED) is 0.0178. The Hall–Kier alpha value is -8.18. The molecule has 6 heterocycles. The summed E-state index contributed by atoms with van der Waals surface area (Å²) in [5.41, 5.74) is -2.84. The molecule has 3 N–H and O–H groups in total. The number of hydrogen-bond donors (Lipinski definition) is 3. The number of hydrogen-bond acceptors (Lipinski definition) is 19. The number of carbonyl (C=O) groups excluding carboxylic acids is 7. The van der Waals surface area contributed by atoms with E-state index in [2.05, 4.69) is 5.32 Å². The molecule has 0 bridgehead atoms. The van der Waals surface area contributed by atoms with Crippen molar-refractivity contribution in [1.82, 2.24) is 19.6 Å². The number of nitrogens with one attached hydrogen (secondary N) is 1. The summed E-state index contributed by atoms with van der Waals surface area (Å²) >= 11 is -3.14. The number of piperazine rings is 2. The highest BCUT2D eigenvalue weighted by molar-refractivity contribution is 9.10. The van der Waals surface area contributed by atoms with E-state index in [0.29, 0.717) is 16.8 Å². The fourth-order valence-corrected chi connectivity index (χ4v) is 29.4. The first-order valence-electron chi connectivity index (χ1n) is 33.7. The minimum atomic E-state index is -3.14. The van der Waals surface area contributed by atoms with Gasteiger partial charge in [0.1, 0.15) is 28.4 Å². The van der Waals surface area contributed by atoms with Crippen LogP contribution in [0.4, 0.5) is 11.4 Å². The minimum absolute atomic E-state index is 0.136. The van der Waals surface area contributed by atoms with Gasteiger partial charge in [0, 0.05) is 39.5 Å². The summed E-state index contributed by atoms with van der Waals surface area (Å²) in [4.78, 5) is 112. The molecular formula is C78H74N6O13S7. The number of nitrogens with zero attached hydrogens (tertiary/aromatic N) is 5. The molecule has 9 atom stereocenters. The van der Waals surface area contributed by atoms with Gasteiger partial charge in [0.2, 0.25) is 0 Å². The van der Waals surface area contributed by atoms with Gasteiger partial charge in [-0.15, -0.1) is 0 Å². The number of esters is 3. The van der Waals surface area contributed by atoms with E-state index in [-0.39, 0.29) is 5.69 Å². The molecule has 4 fully saturated rings. The highest BCUT2D eigenvalue weighted by atomic mass is 33.5. The summed E-state index contributed by atoms with van der Waals surface area (Å²) in [6.45, 7) is 5.10. The van der Waals surface area contributed by atoms with Gasteiger partial charge in [-0.1, -0.05) is 268 Å². The Morgan fingerprint density at radius 3 is 1.30 bits per heavy atom. The number of carbonyl (C=O) groups is 7. The topological polar surface area (TPSA) is 233 Å². The second-order valence-electron chi connectivity index (χ2n) is 27.2. The molecule has 536 valence electrons. The van der Waals surface area contributed by atoms with E-state index in [9.17, 15) is 24.0 Å². The number of fused-ring (bicyclic) bond motifs is 11. The van der Waals surface area contributed by atoms with Crippen LogP contribution in [0, 0.1) is 11.8 Å². The van der Waals surface area contributed by atoms with E-state index in [4.69, 9.17) is 14.2 Å². The largest absolute Gasteiger partial charge is 0.459 e. The van der Waals surface area contributed by atoms with E-state index in [1.54, 1.807) is 56.3 Å². The zero-order chi connectivity index (χ0) is 73.4. The van der Waals surface area contributed by atoms with Gasteiger partial charge >= 0.3 is 23.6 Å². The zero-order valence-electron chi connectivity index (χ0n) is 57.6. The van der Waals surface area contributed by atoms with Crippen molar-refractivity contribution >= 4 is 127 Å². The number of rotatable bonds is 23. The fourth-order valence-electron chi connectivity index (χ4n) is 16.3. The number of aliphatic hydroxyl groups is 1. The summed E-state index contributed by atoms with van der Waals surface area (Å²) in [7, 11) is 9.97. The van der Waals surface area contributed by atoms with Crippen LogP contribution in [-0.4, -0.2) is 136 Å². The summed E-state index contributed by atoms with van der Waals surface area (Å²) < 4.78 is 45.5. The maximum Gasteiger partial charge on any atom is 0.311 e. The molecule has 4 amide bonds. The normalized spacial score (nSPS) is 25.6. The third-order valence-electron chi connectivity index (χ3n) is 21.1. The molecule has 0 aliphatic carbocycles. The summed E-state index contributed by atoms with van der Waals surface area (Å²) in [6, 6.07) is 73.2. The van der Waals surface area contributed by atoms with Crippen molar-refractivity contribution in [2.75, 3.05) is 36.9 Å². The molecule has 26 heteroatoms. The molecule has 0 radical (unpaired) electrons. The van der Waals surface area contributed by atoms with Crippen LogP contribution in [0.2, 0.25) is 0 Å². The average Bonchev–Trinajstić information content (AvgIpc) is 1.45. The molecule has 1 unspecified atom stereocenters. The Morgan fingerprint density at radius 2 is 0.885 bits per heavy atom. The number of benzene rings is 8.